The van der Waals surface area contributed by atoms with Crippen molar-refractivity contribution >= 4 is 0 Å². The summed E-state index contributed by atoms with van der Waals surface area (Å²) >= 11 is 0. The Hall–Kier alpha value is -1.00. The molecule has 0 unspecified atom stereocenters. The van der Waals surface area contributed by atoms with E-state index in [0.29, 0.717) is 0 Å². The van der Waals surface area contributed by atoms with Crippen LogP contribution in [0.3, 0.4) is 0 Å². The summed E-state index contributed by atoms with van der Waals surface area (Å²) in [4.78, 5) is 0. The molecule has 1 fully saturated rings. The smallest absolute Gasteiger partial charge is 0.130 e. The number of hydrogen-bond donors (Lipinski definition) is 2. The van der Waals surface area contributed by atoms with Gasteiger partial charge in [-0.25, -0.2) is 8.78 Å². The van der Waals surface area contributed by atoms with Gasteiger partial charge in [0.25, 0.3) is 0 Å². The fraction of sp³-hybridized carbons (Fsp3) is 0.571. The molecule has 0 heterocycles. The number of benzene rings is 1. The third-order valence-electron chi connectivity index (χ3n) is 3.82. The van der Waals surface area contributed by atoms with E-state index in [1.165, 1.54) is 18.6 Å². The minimum Gasteiger partial charge on any atom is -0.391 e. The minimum absolute atomic E-state index is 0.123. The van der Waals surface area contributed by atoms with E-state index in [4.69, 9.17) is 5.73 Å². The Morgan fingerprint density at radius 1 is 1.17 bits per heavy atom. The topological polar surface area (TPSA) is 46.2 Å². The maximum atomic E-state index is 13.6. The Morgan fingerprint density at radius 2 is 1.83 bits per heavy atom. The molecule has 18 heavy (non-hydrogen) atoms. The lowest BCUT2D eigenvalue weighted by atomic mass is 9.81. The molecule has 0 aliphatic heterocycles. The Balaban J connectivity index is 2.11. The molecule has 0 aromatic heterocycles. The quantitative estimate of drug-likeness (QED) is 0.872. The zero-order valence-corrected chi connectivity index (χ0v) is 10.3. The Kier molecular flexibility index (Phi) is 4.30. The van der Waals surface area contributed by atoms with E-state index in [9.17, 15) is 13.9 Å². The lowest BCUT2D eigenvalue weighted by molar-refractivity contribution is 0.0607. The Morgan fingerprint density at radius 3 is 2.44 bits per heavy atom. The molecule has 0 bridgehead atoms. The average molecular weight is 255 g/mol. The number of aliphatic hydroxyl groups is 1. The van der Waals surface area contributed by atoms with Crippen LogP contribution in [0.25, 0.3) is 0 Å². The zero-order chi connectivity index (χ0) is 13.1. The standard InChI is InChI=1S/C14H19F2NO/c15-10-6-7-11(12(16)8-10)13(17)14(18)9-4-2-1-3-5-9/h6-9,13-14,18H,1-5,17H2/t13-,14+/m0/s1. The van der Waals surface area contributed by atoms with Gasteiger partial charge in [-0.3, -0.25) is 0 Å². The Labute approximate surface area is 106 Å². The average Bonchev–Trinajstić information content (AvgIpc) is 2.38. The lowest BCUT2D eigenvalue weighted by Gasteiger charge is -2.30. The van der Waals surface area contributed by atoms with E-state index >= 15 is 0 Å². The van der Waals surface area contributed by atoms with E-state index in [2.05, 4.69) is 0 Å². The van der Waals surface area contributed by atoms with Crippen LogP contribution in [-0.4, -0.2) is 11.2 Å². The summed E-state index contributed by atoms with van der Waals surface area (Å²) in [5.41, 5.74) is 6.10. The van der Waals surface area contributed by atoms with Crippen LogP contribution in [0.4, 0.5) is 8.78 Å². The van der Waals surface area contributed by atoms with E-state index in [1.54, 1.807) is 0 Å². The molecule has 2 rings (SSSR count). The van der Waals surface area contributed by atoms with Crippen molar-refractivity contribution in [3.8, 4) is 0 Å². The first kappa shape index (κ1) is 13.4. The van der Waals surface area contributed by atoms with Crippen molar-refractivity contribution in [1.82, 2.24) is 0 Å². The maximum Gasteiger partial charge on any atom is 0.130 e. The van der Waals surface area contributed by atoms with Crippen LogP contribution in [0.5, 0.6) is 0 Å². The summed E-state index contributed by atoms with van der Waals surface area (Å²) in [6.45, 7) is 0. The molecule has 3 N–H and O–H groups in total. The molecule has 1 aliphatic rings. The molecule has 1 saturated carbocycles. The van der Waals surface area contributed by atoms with Crippen molar-refractivity contribution in [2.75, 3.05) is 0 Å². The van der Waals surface area contributed by atoms with Crippen LogP contribution in [0.2, 0.25) is 0 Å². The van der Waals surface area contributed by atoms with Gasteiger partial charge in [0.2, 0.25) is 0 Å². The van der Waals surface area contributed by atoms with Gasteiger partial charge < -0.3 is 10.8 Å². The predicted molar refractivity (Wildman–Crippen MR) is 65.9 cm³/mol. The highest BCUT2D eigenvalue weighted by molar-refractivity contribution is 5.23. The van der Waals surface area contributed by atoms with Gasteiger partial charge in [0, 0.05) is 11.6 Å². The van der Waals surface area contributed by atoms with Gasteiger partial charge in [0.15, 0.2) is 0 Å². The molecule has 1 aromatic carbocycles. The molecule has 0 spiro atoms. The van der Waals surface area contributed by atoms with Crippen LogP contribution in [0.1, 0.15) is 43.7 Å². The molecule has 2 nitrogen and oxygen atoms in total. The van der Waals surface area contributed by atoms with Crippen molar-refractivity contribution in [3.05, 3.63) is 35.4 Å². The first-order valence-electron chi connectivity index (χ1n) is 6.48. The van der Waals surface area contributed by atoms with Crippen LogP contribution < -0.4 is 5.73 Å². The summed E-state index contributed by atoms with van der Waals surface area (Å²) in [6, 6.07) is 2.52. The number of rotatable bonds is 3. The SMILES string of the molecule is N[C@@H](c1ccc(F)cc1F)[C@H](O)C1CCCCC1. The van der Waals surface area contributed by atoms with Crippen LogP contribution in [0.15, 0.2) is 18.2 Å². The third kappa shape index (κ3) is 2.87. The van der Waals surface area contributed by atoms with Crippen molar-refractivity contribution < 1.29 is 13.9 Å². The molecule has 4 heteroatoms. The fourth-order valence-electron chi connectivity index (χ4n) is 2.72. The monoisotopic (exact) mass is 255 g/mol. The number of aliphatic hydroxyl groups excluding tert-OH is 1. The van der Waals surface area contributed by atoms with Gasteiger partial charge in [-0.1, -0.05) is 25.3 Å². The molecular weight excluding hydrogens is 236 g/mol. The molecule has 0 radical (unpaired) electrons. The van der Waals surface area contributed by atoms with Crippen LogP contribution in [0, 0.1) is 17.6 Å². The van der Waals surface area contributed by atoms with E-state index < -0.39 is 23.8 Å². The third-order valence-corrected chi connectivity index (χ3v) is 3.82. The fourth-order valence-corrected chi connectivity index (χ4v) is 2.72. The van der Waals surface area contributed by atoms with Gasteiger partial charge in [-0.2, -0.15) is 0 Å². The molecular formula is C14H19F2NO. The van der Waals surface area contributed by atoms with E-state index in [0.717, 1.165) is 31.7 Å². The van der Waals surface area contributed by atoms with Gasteiger partial charge in [0.1, 0.15) is 11.6 Å². The van der Waals surface area contributed by atoms with Crippen molar-refractivity contribution in [3.63, 3.8) is 0 Å². The number of halogens is 2. The molecule has 1 aliphatic carbocycles. The van der Waals surface area contributed by atoms with Gasteiger partial charge in [0.05, 0.1) is 12.1 Å². The number of nitrogens with two attached hydrogens (primary N) is 1. The zero-order valence-electron chi connectivity index (χ0n) is 10.3. The summed E-state index contributed by atoms with van der Waals surface area (Å²) in [5, 5.41) is 10.2. The van der Waals surface area contributed by atoms with Crippen molar-refractivity contribution in [2.45, 2.75) is 44.2 Å². The first-order chi connectivity index (χ1) is 8.59. The van der Waals surface area contributed by atoms with Crippen molar-refractivity contribution in [1.29, 1.82) is 0 Å². The largest absolute Gasteiger partial charge is 0.391 e. The highest BCUT2D eigenvalue weighted by Crippen LogP contribution is 2.32. The van der Waals surface area contributed by atoms with Gasteiger partial charge >= 0.3 is 0 Å². The summed E-state index contributed by atoms with van der Waals surface area (Å²) in [6.07, 6.45) is 4.45. The highest BCUT2D eigenvalue weighted by atomic mass is 19.1. The lowest BCUT2D eigenvalue weighted by Crippen LogP contribution is -2.34. The van der Waals surface area contributed by atoms with E-state index in [-0.39, 0.29) is 11.5 Å². The van der Waals surface area contributed by atoms with Crippen LogP contribution >= 0.6 is 0 Å². The van der Waals surface area contributed by atoms with Gasteiger partial charge in [-0.05, 0) is 24.8 Å². The molecule has 1 aromatic rings. The second-order valence-corrected chi connectivity index (χ2v) is 5.08. The minimum atomic E-state index is -0.784. The second kappa shape index (κ2) is 5.76. The van der Waals surface area contributed by atoms with Crippen LogP contribution in [-0.2, 0) is 0 Å². The molecule has 0 saturated heterocycles. The van der Waals surface area contributed by atoms with Crippen molar-refractivity contribution in [2.24, 2.45) is 11.7 Å². The summed E-state index contributed by atoms with van der Waals surface area (Å²) < 4.78 is 26.4. The summed E-state index contributed by atoms with van der Waals surface area (Å²) in [7, 11) is 0. The predicted octanol–water partition coefficient (Wildman–Crippen LogP) is 2.91. The second-order valence-electron chi connectivity index (χ2n) is 5.08. The molecule has 0 amide bonds. The highest BCUT2D eigenvalue weighted by Gasteiger charge is 2.29. The van der Waals surface area contributed by atoms with Gasteiger partial charge in [-0.15, -0.1) is 0 Å². The maximum absolute atomic E-state index is 13.6. The molecule has 2 atom stereocenters. The number of hydrogen-bond acceptors (Lipinski definition) is 2. The Bertz CT molecular complexity index is 405. The normalized spacial score (nSPS) is 20.7. The van der Waals surface area contributed by atoms with E-state index in [1.807, 2.05) is 0 Å². The summed E-state index contributed by atoms with van der Waals surface area (Å²) in [5.74, 6) is -1.19. The molecule has 100 valence electrons. The first-order valence-corrected chi connectivity index (χ1v) is 6.48.